The highest BCUT2D eigenvalue weighted by atomic mass is 19.4. The van der Waals surface area contributed by atoms with Gasteiger partial charge < -0.3 is 24.8 Å². The average Bonchev–Trinajstić information content (AvgIpc) is 2.63. The van der Waals surface area contributed by atoms with Gasteiger partial charge in [0.25, 0.3) is 0 Å². The van der Waals surface area contributed by atoms with E-state index in [1.165, 1.54) is 21.3 Å². The third-order valence-electron chi connectivity index (χ3n) is 3.67. The van der Waals surface area contributed by atoms with Crippen LogP contribution in [0, 0.1) is 0 Å². The van der Waals surface area contributed by atoms with Crippen molar-refractivity contribution in [2.75, 3.05) is 34.4 Å². The van der Waals surface area contributed by atoms with E-state index in [0.717, 1.165) is 5.56 Å². The molecule has 1 rings (SSSR count). The normalized spacial score (nSPS) is 11.9. The second kappa shape index (κ2) is 11.4. The molecular weight excluding hydrogens is 363 g/mol. The van der Waals surface area contributed by atoms with E-state index in [2.05, 4.69) is 15.6 Å². The van der Waals surface area contributed by atoms with Crippen LogP contribution >= 0.6 is 0 Å². The number of aliphatic imine (C=N–C) groups is 1. The number of nitrogens with one attached hydrogen (secondary N) is 2. The molecule has 0 saturated heterocycles. The Balaban J connectivity index is 2.71. The number of unbranched alkanes of at least 4 members (excludes halogenated alkanes) is 1. The molecular formula is C18H28F3N3O3. The van der Waals surface area contributed by atoms with Crippen molar-refractivity contribution >= 4 is 5.96 Å². The van der Waals surface area contributed by atoms with Gasteiger partial charge in [0.05, 0.1) is 27.9 Å². The molecule has 1 aromatic carbocycles. The minimum Gasteiger partial charge on any atom is -0.493 e. The maximum Gasteiger partial charge on any atom is 0.389 e. The van der Waals surface area contributed by atoms with Crippen LogP contribution in [0.2, 0.25) is 0 Å². The number of nitrogens with zero attached hydrogens (tertiary/aromatic N) is 1. The number of hydrogen-bond acceptors (Lipinski definition) is 4. The van der Waals surface area contributed by atoms with Gasteiger partial charge in [0.15, 0.2) is 17.5 Å². The zero-order valence-electron chi connectivity index (χ0n) is 16.2. The number of rotatable bonds is 10. The van der Waals surface area contributed by atoms with Crippen LogP contribution in [0.5, 0.6) is 17.2 Å². The molecule has 0 unspecified atom stereocenters. The smallest absolute Gasteiger partial charge is 0.389 e. The second-order valence-corrected chi connectivity index (χ2v) is 5.73. The van der Waals surface area contributed by atoms with Crippen LogP contribution in [0.25, 0.3) is 0 Å². The molecule has 0 bridgehead atoms. The molecule has 6 nitrogen and oxygen atoms in total. The molecule has 0 heterocycles. The van der Waals surface area contributed by atoms with Crippen molar-refractivity contribution in [2.24, 2.45) is 4.99 Å². The van der Waals surface area contributed by atoms with Crippen molar-refractivity contribution in [3.8, 4) is 17.2 Å². The third kappa shape index (κ3) is 8.27. The molecule has 0 radical (unpaired) electrons. The molecule has 0 fully saturated rings. The predicted octanol–water partition coefficient (Wildman–Crippen LogP) is 3.50. The first kappa shape index (κ1) is 22.7. The first-order valence-electron chi connectivity index (χ1n) is 8.72. The summed E-state index contributed by atoms with van der Waals surface area (Å²) < 4.78 is 52.4. The molecule has 0 amide bonds. The lowest BCUT2D eigenvalue weighted by atomic mass is 10.2. The molecule has 0 aromatic heterocycles. The molecule has 2 N–H and O–H groups in total. The van der Waals surface area contributed by atoms with Crippen LogP contribution in [0.1, 0.15) is 31.7 Å². The van der Waals surface area contributed by atoms with E-state index in [-0.39, 0.29) is 6.42 Å². The molecule has 27 heavy (non-hydrogen) atoms. The fourth-order valence-corrected chi connectivity index (χ4v) is 2.40. The molecule has 0 spiro atoms. The van der Waals surface area contributed by atoms with Crippen molar-refractivity contribution in [1.29, 1.82) is 0 Å². The number of benzene rings is 1. The summed E-state index contributed by atoms with van der Waals surface area (Å²) in [4.78, 5) is 4.46. The maximum absolute atomic E-state index is 12.2. The Kier molecular flexibility index (Phi) is 9.60. The fraction of sp³-hybridized carbons (Fsp3) is 0.611. The zero-order chi connectivity index (χ0) is 20.3. The second-order valence-electron chi connectivity index (χ2n) is 5.73. The third-order valence-corrected chi connectivity index (χ3v) is 3.67. The first-order valence-corrected chi connectivity index (χ1v) is 8.72. The highest BCUT2D eigenvalue weighted by Gasteiger charge is 2.25. The Morgan fingerprint density at radius 2 is 1.63 bits per heavy atom. The van der Waals surface area contributed by atoms with Gasteiger partial charge in [-0.1, -0.05) is 0 Å². The van der Waals surface area contributed by atoms with E-state index in [1.54, 1.807) is 12.1 Å². The predicted molar refractivity (Wildman–Crippen MR) is 98.8 cm³/mol. The zero-order valence-corrected chi connectivity index (χ0v) is 16.2. The van der Waals surface area contributed by atoms with Gasteiger partial charge in [-0.2, -0.15) is 13.2 Å². The van der Waals surface area contributed by atoms with E-state index < -0.39 is 12.6 Å². The highest BCUT2D eigenvalue weighted by molar-refractivity contribution is 5.79. The lowest BCUT2D eigenvalue weighted by Gasteiger charge is -2.14. The summed E-state index contributed by atoms with van der Waals surface area (Å²) in [6.07, 6.45) is -4.38. The average molecular weight is 391 g/mol. The Labute approximate surface area is 158 Å². The SMILES string of the molecule is CCNC(=NCc1cc(OC)c(OC)c(OC)c1)NCCCCC(F)(F)F. The standard InChI is InChI=1S/C18H28F3N3O3/c1-5-22-17(23-9-7-6-8-18(19,20)21)24-12-13-10-14(25-2)16(27-4)15(11-13)26-3/h10-11H,5-9,12H2,1-4H3,(H2,22,23,24). The van der Waals surface area contributed by atoms with Crippen LogP contribution in [-0.2, 0) is 6.54 Å². The van der Waals surface area contributed by atoms with Crippen molar-refractivity contribution in [2.45, 2.75) is 38.9 Å². The number of methoxy groups -OCH3 is 3. The molecule has 0 atom stereocenters. The lowest BCUT2D eigenvalue weighted by molar-refractivity contribution is -0.135. The quantitative estimate of drug-likeness (QED) is 0.363. The van der Waals surface area contributed by atoms with E-state index in [1.807, 2.05) is 6.92 Å². The number of hydrogen-bond donors (Lipinski definition) is 2. The minimum absolute atomic E-state index is 0.0861. The Hall–Kier alpha value is -2.32. The van der Waals surface area contributed by atoms with Crippen molar-refractivity contribution in [1.82, 2.24) is 10.6 Å². The largest absolute Gasteiger partial charge is 0.493 e. The molecule has 0 aliphatic carbocycles. The van der Waals surface area contributed by atoms with Gasteiger partial charge in [0.1, 0.15) is 0 Å². The van der Waals surface area contributed by atoms with E-state index in [0.29, 0.717) is 49.3 Å². The summed E-state index contributed by atoms with van der Waals surface area (Å²) in [5.74, 6) is 2.11. The number of ether oxygens (including phenoxy) is 3. The van der Waals surface area contributed by atoms with Gasteiger partial charge in [0.2, 0.25) is 5.75 Å². The van der Waals surface area contributed by atoms with Gasteiger partial charge in [-0.3, -0.25) is 0 Å². The Morgan fingerprint density at radius 3 is 2.11 bits per heavy atom. The summed E-state index contributed by atoms with van der Waals surface area (Å²) >= 11 is 0. The number of guanidine groups is 1. The Bertz CT molecular complexity index is 582. The van der Waals surface area contributed by atoms with E-state index in [4.69, 9.17) is 14.2 Å². The molecule has 1 aromatic rings. The maximum atomic E-state index is 12.2. The van der Waals surface area contributed by atoms with Gasteiger partial charge in [-0.15, -0.1) is 0 Å². The summed E-state index contributed by atoms with van der Waals surface area (Å²) in [6, 6.07) is 3.61. The number of halogens is 3. The van der Waals surface area contributed by atoms with Crippen LogP contribution < -0.4 is 24.8 Å². The van der Waals surface area contributed by atoms with Gasteiger partial charge in [-0.25, -0.2) is 4.99 Å². The van der Waals surface area contributed by atoms with E-state index >= 15 is 0 Å². The van der Waals surface area contributed by atoms with Crippen molar-refractivity contribution < 1.29 is 27.4 Å². The molecule has 0 aliphatic heterocycles. The molecule has 154 valence electrons. The van der Waals surface area contributed by atoms with Crippen molar-refractivity contribution in [3.63, 3.8) is 0 Å². The van der Waals surface area contributed by atoms with Crippen LogP contribution in [0.15, 0.2) is 17.1 Å². The van der Waals surface area contributed by atoms with Crippen LogP contribution in [-0.4, -0.2) is 46.6 Å². The fourth-order valence-electron chi connectivity index (χ4n) is 2.40. The number of alkyl halides is 3. The minimum atomic E-state index is -4.11. The first-order chi connectivity index (χ1) is 12.8. The molecule has 9 heteroatoms. The lowest BCUT2D eigenvalue weighted by Crippen LogP contribution is -2.37. The summed E-state index contributed by atoms with van der Waals surface area (Å²) in [6.45, 7) is 3.32. The monoisotopic (exact) mass is 391 g/mol. The van der Waals surface area contributed by atoms with Crippen LogP contribution in [0.4, 0.5) is 13.2 Å². The van der Waals surface area contributed by atoms with Gasteiger partial charge in [-0.05, 0) is 37.5 Å². The summed E-state index contributed by atoms with van der Waals surface area (Å²) in [7, 11) is 4.61. The summed E-state index contributed by atoms with van der Waals surface area (Å²) in [5.41, 5.74) is 0.846. The van der Waals surface area contributed by atoms with Crippen molar-refractivity contribution in [3.05, 3.63) is 17.7 Å². The van der Waals surface area contributed by atoms with E-state index in [9.17, 15) is 13.2 Å². The topological polar surface area (TPSA) is 64.1 Å². The Morgan fingerprint density at radius 1 is 1.00 bits per heavy atom. The molecule has 0 saturated carbocycles. The van der Waals surface area contributed by atoms with Gasteiger partial charge in [0, 0.05) is 19.5 Å². The van der Waals surface area contributed by atoms with Crippen LogP contribution in [0.3, 0.4) is 0 Å². The highest BCUT2D eigenvalue weighted by Crippen LogP contribution is 2.38. The molecule has 0 aliphatic rings. The summed E-state index contributed by atoms with van der Waals surface area (Å²) in [5, 5.41) is 6.11. The van der Waals surface area contributed by atoms with Gasteiger partial charge >= 0.3 is 6.18 Å².